The van der Waals surface area contributed by atoms with Gasteiger partial charge in [0.15, 0.2) is 0 Å². The molecule has 2 saturated carbocycles. The SMILES string of the molecule is O=C(NCC1(CCO)CC1)[C@H]1C[C@@H]1c1cccc(F)c1. The Kier molecular flexibility index (Phi) is 3.50. The molecule has 0 unspecified atom stereocenters. The van der Waals surface area contributed by atoms with Crippen molar-refractivity contribution in [3.8, 4) is 0 Å². The minimum absolute atomic E-state index is 0.0123. The van der Waals surface area contributed by atoms with Crippen molar-refractivity contribution in [2.45, 2.75) is 31.6 Å². The summed E-state index contributed by atoms with van der Waals surface area (Å²) in [6, 6.07) is 6.52. The van der Waals surface area contributed by atoms with E-state index in [4.69, 9.17) is 5.11 Å². The zero-order valence-corrected chi connectivity index (χ0v) is 11.4. The second kappa shape index (κ2) is 5.17. The number of rotatable bonds is 6. The number of aliphatic hydroxyl groups excluding tert-OH is 1. The molecule has 0 saturated heterocycles. The molecule has 108 valence electrons. The zero-order valence-electron chi connectivity index (χ0n) is 11.4. The van der Waals surface area contributed by atoms with Crippen LogP contribution in [0.3, 0.4) is 0 Å². The summed E-state index contributed by atoms with van der Waals surface area (Å²) >= 11 is 0. The molecule has 20 heavy (non-hydrogen) atoms. The highest BCUT2D eigenvalue weighted by Gasteiger charge is 2.46. The van der Waals surface area contributed by atoms with Gasteiger partial charge in [0, 0.05) is 19.1 Å². The van der Waals surface area contributed by atoms with Gasteiger partial charge in [-0.3, -0.25) is 4.79 Å². The van der Waals surface area contributed by atoms with Crippen LogP contribution in [0.25, 0.3) is 0 Å². The molecule has 2 atom stereocenters. The van der Waals surface area contributed by atoms with Crippen LogP contribution in [0.15, 0.2) is 24.3 Å². The number of carbonyl (C=O) groups is 1. The summed E-state index contributed by atoms with van der Waals surface area (Å²) in [5.41, 5.74) is 1.06. The van der Waals surface area contributed by atoms with E-state index in [2.05, 4.69) is 5.32 Å². The third kappa shape index (κ3) is 2.85. The predicted octanol–water partition coefficient (Wildman–Crippen LogP) is 2.21. The molecule has 1 aromatic carbocycles. The zero-order chi connectivity index (χ0) is 14.2. The van der Waals surface area contributed by atoms with Crippen molar-refractivity contribution in [3.05, 3.63) is 35.6 Å². The fourth-order valence-electron chi connectivity index (χ4n) is 2.93. The summed E-state index contributed by atoms with van der Waals surface area (Å²) in [6.07, 6.45) is 3.76. The van der Waals surface area contributed by atoms with E-state index < -0.39 is 0 Å². The van der Waals surface area contributed by atoms with E-state index >= 15 is 0 Å². The molecule has 2 aliphatic carbocycles. The van der Waals surface area contributed by atoms with Gasteiger partial charge in [0.1, 0.15) is 5.82 Å². The van der Waals surface area contributed by atoms with Gasteiger partial charge in [-0.25, -0.2) is 4.39 Å². The smallest absolute Gasteiger partial charge is 0.223 e. The molecule has 1 aromatic rings. The third-order valence-corrected chi connectivity index (χ3v) is 4.64. The molecule has 1 amide bonds. The minimum atomic E-state index is -0.242. The summed E-state index contributed by atoms with van der Waals surface area (Å²) in [5.74, 6) is -0.0164. The predicted molar refractivity (Wildman–Crippen MR) is 73.6 cm³/mol. The lowest BCUT2D eigenvalue weighted by molar-refractivity contribution is -0.122. The quantitative estimate of drug-likeness (QED) is 0.837. The maximum absolute atomic E-state index is 13.2. The number of amides is 1. The van der Waals surface area contributed by atoms with Crippen molar-refractivity contribution in [1.29, 1.82) is 0 Å². The van der Waals surface area contributed by atoms with E-state index in [0.29, 0.717) is 6.54 Å². The lowest BCUT2D eigenvalue weighted by Gasteiger charge is -2.14. The van der Waals surface area contributed by atoms with Crippen LogP contribution in [-0.2, 0) is 4.79 Å². The molecule has 2 N–H and O–H groups in total. The van der Waals surface area contributed by atoms with E-state index in [1.165, 1.54) is 12.1 Å². The Labute approximate surface area is 118 Å². The maximum Gasteiger partial charge on any atom is 0.223 e. The standard InChI is InChI=1S/C16H20FNO2/c17-12-3-1-2-11(8-12)13-9-14(13)15(20)18-10-16(4-5-16)6-7-19/h1-3,8,13-14,19H,4-7,9-10H2,(H,18,20)/t13-,14+/m1/s1. The van der Waals surface area contributed by atoms with Crippen LogP contribution >= 0.6 is 0 Å². The monoisotopic (exact) mass is 277 g/mol. The molecule has 2 aliphatic rings. The Morgan fingerprint density at radius 1 is 1.45 bits per heavy atom. The van der Waals surface area contributed by atoms with E-state index in [9.17, 15) is 9.18 Å². The van der Waals surface area contributed by atoms with Crippen LogP contribution in [0.4, 0.5) is 4.39 Å². The molecular formula is C16H20FNO2. The van der Waals surface area contributed by atoms with Crippen LogP contribution in [0.5, 0.6) is 0 Å². The Bertz CT molecular complexity index is 513. The molecular weight excluding hydrogens is 257 g/mol. The highest BCUT2D eigenvalue weighted by Crippen LogP contribution is 2.50. The topological polar surface area (TPSA) is 49.3 Å². The number of halogens is 1. The summed E-state index contributed by atoms with van der Waals surface area (Å²) in [5, 5.41) is 12.0. The summed E-state index contributed by atoms with van der Waals surface area (Å²) < 4.78 is 13.2. The second-order valence-corrected chi connectivity index (χ2v) is 6.20. The van der Waals surface area contributed by atoms with Gasteiger partial charge in [-0.1, -0.05) is 12.1 Å². The summed E-state index contributed by atoms with van der Waals surface area (Å²) in [6.45, 7) is 0.851. The number of aliphatic hydroxyl groups is 1. The van der Waals surface area contributed by atoms with Crippen LogP contribution < -0.4 is 5.32 Å². The molecule has 0 radical (unpaired) electrons. The largest absolute Gasteiger partial charge is 0.396 e. The normalized spacial score (nSPS) is 26.1. The van der Waals surface area contributed by atoms with Gasteiger partial charge in [0.05, 0.1) is 0 Å². The van der Waals surface area contributed by atoms with E-state index in [0.717, 1.165) is 31.2 Å². The fourth-order valence-corrected chi connectivity index (χ4v) is 2.93. The average molecular weight is 277 g/mol. The minimum Gasteiger partial charge on any atom is -0.396 e. The van der Waals surface area contributed by atoms with Crippen LogP contribution in [0.2, 0.25) is 0 Å². The lowest BCUT2D eigenvalue weighted by atomic mass is 10.0. The van der Waals surface area contributed by atoms with E-state index in [1.807, 2.05) is 6.07 Å². The Balaban J connectivity index is 1.50. The van der Waals surface area contributed by atoms with Crippen molar-refractivity contribution >= 4 is 5.91 Å². The van der Waals surface area contributed by atoms with Crippen molar-refractivity contribution in [3.63, 3.8) is 0 Å². The first-order valence-corrected chi connectivity index (χ1v) is 7.28. The van der Waals surface area contributed by atoms with Gasteiger partial charge in [-0.2, -0.15) is 0 Å². The second-order valence-electron chi connectivity index (χ2n) is 6.20. The van der Waals surface area contributed by atoms with Gasteiger partial charge in [0.25, 0.3) is 0 Å². The maximum atomic E-state index is 13.2. The Morgan fingerprint density at radius 2 is 2.25 bits per heavy atom. The average Bonchev–Trinajstić information content (AvgIpc) is 3.32. The van der Waals surface area contributed by atoms with Gasteiger partial charge in [-0.15, -0.1) is 0 Å². The third-order valence-electron chi connectivity index (χ3n) is 4.64. The van der Waals surface area contributed by atoms with Gasteiger partial charge < -0.3 is 10.4 Å². The first-order valence-electron chi connectivity index (χ1n) is 7.28. The molecule has 3 rings (SSSR count). The van der Waals surface area contributed by atoms with Crippen LogP contribution in [0, 0.1) is 17.2 Å². The molecule has 3 nitrogen and oxygen atoms in total. The van der Waals surface area contributed by atoms with Gasteiger partial charge in [0.2, 0.25) is 5.91 Å². The number of hydrogen-bond donors (Lipinski definition) is 2. The van der Waals surface area contributed by atoms with Gasteiger partial charge >= 0.3 is 0 Å². The van der Waals surface area contributed by atoms with E-state index in [1.54, 1.807) is 6.07 Å². The highest BCUT2D eigenvalue weighted by molar-refractivity contribution is 5.82. The first-order chi connectivity index (χ1) is 9.63. The number of hydrogen-bond acceptors (Lipinski definition) is 2. The van der Waals surface area contributed by atoms with Crippen LogP contribution in [0.1, 0.15) is 37.2 Å². The van der Waals surface area contributed by atoms with Crippen molar-refractivity contribution in [2.75, 3.05) is 13.2 Å². The molecule has 0 aromatic heterocycles. The van der Waals surface area contributed by atoms with Crippen molar-refractivity contribution < 1.29 is 14.3 Å². The number of nitrogens with one attached hydrogen (secondary N) is 1. The van der Waals surface area contributed by atoms with Gasteiger partial charge in [-0.05, 0) is 54.7 Å². The van der Waals surface area contributed by atoms with Crippen molar-refractivity contribution in [1.82, 2.24) is 5.32 Å². The Hall–Kier alpha value is -1.42. The number of benzene rings is 1. The molecule has 2 fully saturated rings. The molecule has 0 bridgehead atoms. The molecule has 4 heteroatoms. The highest BCUT2D eigenvalue weighted by atomic mass is 19.1. The molecule has 0 aliphatic heterocycles. The first kappa shape index (κ1) is 13.6. The molecule has 0 spiro atoms. The number of carbonyl (C=O) groups excluding carboxylic acids is 1. The Morgan fingerprint density at radius 3 is 2.90 bits per heavy atom. The van der Waals surface area contributed by atoms with Crippen LogP contribution in [-0.4, -0.2) is 24.2 Å². The van der Waals surface area contributed by atoms with E-state index in [-0.39, 0.29) is 35.6 Å². The lowest BCUT2D eigenvalue weighted by Crippen LogP contribution is -2.32. The fraction of sp³-hybridized carbons (Fsp3) is 0.562. The molecule has 0 heterocycles. The summed E-state index contributed by atoms with van der Waals surface area (Å²) in [7, 11) is 0. The summed E-state index contributed by atoms with van der Waals surface area (Å²) in [4.78, 5) is 12.1. The van der Waals surface area contributed by atoms with Crippen molar-refractivity contribution in [2.24, 2.45) is 11.3 Å².